The highest BCUT2D eigenvalue weighted by Gasteiger charge is 2.27. The summed E-state index contributed by atoms with van der Waals surface area (Å²) < 4.78 is 5.48. The van der Waals surface area contributed by atoms with Gasteiger partial charge in [0.15, 0.2) is 0 Å². The molecule has 1 atom stereocenters. The standard InChI is InChI=1S/C29H36ClN5O2/c1-21-12-15-34(16-13-21)18-23-10-8-22(9-11-23)17-31-29(36)24-5-4-14-35(19-24)20-27-32-28(33-37-27)25-6-2-3-7-26(25)30/h2-3,6-11,21,24H,4-5,12-20H2,1H3,(H,31,36). The predicted molar refractivity (Wildman–Crippen MR) is 145 cm³/mol. The maximum Gasteiger partial charge on any atom is 0.241 e. The molecule has 0 radical (unpaired) electrons. The van der Waals surface area contributed by atoms with Crippen molar-refractivity contribution in [3.05, 3.63) is 70.6 Å². The molecule has 196 valence electrons. The fraction of sp³-hybridized carbons (Fsp3) is 0.483. The van der Waals surface area contributed by atoms with Crippen molar-refractivity contribution in [2.24, 2.45) is 11.8 Å². The van der Waals surface area contributed by atoms with Gasteiger partial charge in [0.1, 0.15) is 0 Å². The van der Waals surface area contributed by atoms with Gasteiger partial charge >= 0.3 is 0 Å². The number of rotatable bonds is 8. The van der Waals surface area contributed by atoms with Crippen molar-refractivity contribution in [2.45, 2.75) is 52.2 Å². The van der Waals surface area contributed by atoms with Gasteiger partial charge in [-0.3, -0.25) is 14.6 Å². The van der Waals surface area contributed by atoms with E-state index in [2.05, 4.69) is 56.4 Å². The fourth-order valence-corrected chi connectivity index (χ4v) is 5.47. The topological polar surface area (TPSA) is 74.5 Å². The third kappa shape index (κ3) is 6.98. The van der Waals surface area contributed by atoms with E-state index in [1.807, 2.05) is 24.3 Å². The summed E-state index contributed by atoms with van der Waals surface area (Å²) in [6.07, 6.45) is 4.44. The summed E-state index contributed by atoms with van der Waals surface area (Å²) in [4.78, 5) is 22.2. The van der Waals surface area contributed by atoms with E-state index in [4.69, 9.17) is 16.1 Å². The van der Waals surface area contributed by atoms with Crippen LogP contribution in [0.2, 0.25) is 5.02 Å². The zero-order valence-electron chi connectivity index (χ0n) is 21.5. The molecule has 2 aromatic carbocycles. The Kier molecular flexibility index (Phi) is 8.54. The Morgan fingerprint density at radius 3 is 2.54 bits per heavy atom. The Morgan fingerprint density at radius 2 is 1.76 bits per heavy atom. The van der Waals surface area contributed by atoms with Crippen molar-refractivity contribution >= 4 is 17.5 Å². The van der Waals surface area contributed by atoms with Gasteiger partial charge in [0, 0.05) is 25.2 Å². The smallest absolute Gasteiger partial charge is 0.241 e. The summed E-state index contributed by atoms with van der Waals surface area (Å²) >= 11 is 6.26. The lowest BCUT2D eigenvalue weighted by atomic mass is 9.97. The van der Waals surface area contributed by atoms with Crippen LogP contribution in [-0.4, -0.2) is 52.0 Å². The van der Waals surface area contributed by atoms with Gasteiger partial charge in [-0.2, -0.15) is 4.98 Å². The minimum absolute atomic E-state index is 0.0412. The van der Waals surface area contributed by atoms with Crippen molar-refractivity contribution in [1.82, 2.24) is 25.3 Å². The molecule has 0 saturated carbocycles. The van der Waals surface area contributed by atoms with Crippen LogP contribution >= 0.6 is 11.6 Å². The zero-order valence-corrected chi connectivity index (χ0v) is 22.3. The minimum atomic E-state index is -0.0412. The Hall–Kier alpha value is -2.74. The number of nitrogens with one attached hydrogen (secondary N) is 1. The largest absolute Gasteiger partial charge is 0.352 e. The van der Waals surface area contributed by atoms with Crippen molar-refractivity contribution in [3.63, 3.8) is 0 Å². The average molecular weight is 522 g/mol. The van der Waals surface area contributed by atoms with Crippen molar-refractivity contribution in [1.29, 1.82) is 0 Å². The number of piperidine rings is 2. The third-order valence-electron chi connectivity index (χ3n) is 7.59. The molecule has 1 aromatic heterocycles. The molecule has 2 aliphatic rings. The first kappa shape index (κ1) is 25.9. The van der Waals surface area contributed by atoms with E-state index >= 15 is 0 Å². The number of carbonyl (C=O) groups excluding carboxylic acids is 1. The summed E-state index contributed by atoms with van der Waals surface area (Å²) in [5.74, 6) is 1.95. The Morgan fingerprint density at radius 1 is 1.00 bits per heavy atom. The molecule has 2 fully saturated rings. The van der Waals surface area contributed by atoms with E-state index in [9.17, 15) is 4.79 Å². The second-order valence-corrected chi connectivity index (χ2v) is 11.0. The summed E-state index contributed by atoms with van der Waals surface area (Å²) in [6.45, 7) is 8.40. The molecule has 37 heavy (non-hydrogen) atoms. The molecule has 0 bridgehead atoms. The number of aromatic nitrogens is 2. The number of benzene rings is 2. The first-order valence-electron chi connectivity index (χ1n) is 13.4. The van der Waals surface area contributed by atoms with E-state index in [-0.39, 0.29) is 11.8 Å². The summed E-state index contributed by atoms with van der Waals surface area (Å²) in [7, 11) is 0. The molecule has 1 unspecified atom stereocenters. The Bertz CT molecular complexity index is 1170. The SMILES string of the molecule is CC1CCN(Cc2ccc(CNC(=O)C3CCCN(Cc4nc(-c5ccccc5Cl)no4)C3)cc2)CC1. The van der Waals surface area contributed by atoms with E-state index in [0.29, 0.717) is 36.4 Å². The van der Waals surface area contributed by atoms with Crippen LogP contribution in [-0.2, 0) is 24.4 Å². The van der Waals surface area contributed by atoms with Crippen LogP contribution in [0.4, 0.5) is 0 Å². The van der Waals surface area contributed by atoms with Crippen LogP contribution in [0.15, 0.2) is 53.1 Å². The monoisotopic (exact) mass is 521 g/mol. The molecule has 2 aliphatic heterocycles. The number of hydrogen-bond acceptors (Lipinski definition) is 6. The first-order valence-corrected chi connectivity index (χ1v) is 13.8. The quantitative estimate of drug-likeness (QED) is 0.442. The average Bonchev–Trinajstić information content (AvgIpc) is 3.38. The first-order chi connectivity index (χ1) is 18.0. The number of likely N-dealkylation sites (tertiary alicyclic amines) is 2. The second-order valence-electron chi connectivity index (χ2n) is 10.6. The molecule has 0 spiro atoms. The molecule has 0 aliphatic carbocycles. The normalized spacial score (nSPS) is 19.7. The van der Waals surface area contributed by atoms with Gasteiger partial charge in [-0.15, -0.1) is 0 Å². The Labute approximate surface area is 224 Å². The number of halogens is 1. The van der Waals surface area contributed by atoms with E-state index < -0.39 is 0 Å². The lowest BCUT2D eigenvalue weighted by Gasteiger charge is -2.31. The maximum absolute atomic E-state index is 12.9. The van der Waals surface area contributed by atoms with Crippen LogP contribution in [0.5, 0.6) is 0 Å². The van der Waals surface area contributed by atoms with Gasteiger partial charge in [0.05, 0.1) is 17.5 Å². The lowest BCUT2D eigenvalue weighted by Crippen LogP contribution is -2.42. The maximum atomic E-state index is 12.9. The molecular weight excluding hydrogens is 486 g/mol. The van der Waals surface area contributed by atoms with Crippen molar-refractivity contribution in [3.8, 4) is 11.4 Å². The number of hydrogen-bond donors (Lipinski definition) is 1. The second kappa shape index (κ2) is 12.2. The molecule has 1 amide bonds. The lowest BCUT2D eigenvalue weighted by molar-refractivity contribution is -0.127. The number of nitrogens with zero attached hydrogens (tertiary/aromatic N) is 4. The van der Waals surface area contributed by atoms with E-state index in [0.717, 1.165) is 43.0 Å². The van der Waals surface area contributed by atoms with Crippen LogP contribution in [0, 0.1) is 11.8 Å². The fourth-order valence-electron chi connectivity index (χ4n) is 5.25. The Balaban J connectivity index is 1.08. The highest BCUT2D eigenvalue weighted by atomic mass is 35.5. The zero-order chi connectivity index (χ0) is 25.6. The molecule has 1 N–H and O–H groups in total. The van der Waals surface area contributed by atoms with Gasteiger partial charge in [-0.25, -0.2) is 0 Å². The molecule has 2 saturated heterocycles. The summed E-state index contributed by atoms with van der Waals surface area (Å²) in [5.41, 5.74) is 3.23. The summed E-state index contributed by atoms with van der Waals surface area (Å²) in [5, 5.41) is 7.83. The minimum Gasteiger partial charge on any atom is -0.352 e. The molecule has 5 rings (SSSR count). The molecule has 3 heterocycles. The predicted octanol–water partition coefficient (Wildman–Crippen LogP) is 5.15. The van der Waals surface area contributed by atoms with Gasteiger partial charge < -0.3 is 9.84 Å². The van der Waals surface area contributed by atoms with E-state index in [1.165, 1.54) is 31.5 Å². The number of carbonyl (C=O) groups is 1. The van der Waals surface area contributed by atoms with Crippen molar-refractivity contribution in [2.75, 3.05) is 26.2 Å². The highest BCUT2D eigenvalue weighted by molar-refractivity contribution is 6.33. The van der Waals surface area contributed by atoms with Gasteiger partial charge in [-0.05, 0) is 74.5 Å². The van der Waals surface area contributed by atoms with Crippen molar-refractivity contribution < 1.29 is 9.32 Å². The van der Waals surface area contributed by atoms with Crippen LogP contribution < -0.4 is 5.32 Å². The number of amides is 1. The molecular formula is C29H36ClN5O2. The molecule has 3 aromatic rings. The summed E-state index contributed by atoms with van der Waals surface area (Å²) in [6, 6.07) is 16.1. The van der Waals surface area contributed by atoms with Crippen LogP contribution in [0.25, 0.3) is 11.4 Å². The molecule has 8 heteroatoms. The third-order valence-corrected chi connectivity index (χ3v) is 7.92. The van der Waals surface area contributed by atoms with Gasteiger partial charge in [-0.1, -0.05) is 60.1 Å². The van der Waals surface area contributed by atoms with Gasteiger partial charge in [0.2, 0.25) is 17.6 Å². The molecule has 7 nitrogen and oxygen atoms in total. The van der Waals surface area contributed by atoms with Crippen LogP contribution in [0.1, 0.15) is 49.6 Å². The van der Waals surface area contributed by atoms with Crippen LogP contribution in [0.3, 0.4) is 0 Å². The van der Waals surface area contributed by atoms with Gasteiger partial charge in [0.25, 0.3) is 0 Å². The van der Waals surface area contributed by atoms with E-state index in [1.54, 1.807) is 0 Å². The highest BCUT2D eigenvalue weighted by Crippen LogP contribution is 2.26.